The van der Waals surface area contributed by atoms with Crippen molar-refractivity contribution in [2.24, 2.45) is 0 Å². The highest BCUT2D eigenvalue weighted by Gasteiger charge is 2.10. The Kier molecular flexibility index (Phi) is 5.58. The van der Waals surface area contributed by atoms with E-state index in [1.807, 2.05) is 6.07 Å². The van der Waals surface area contributed by atoms with Gasteiger partial charge in [0.15, 0.2) is 0 Å². The first kappa shape index (κ1) is 14.4. The lowest BCUT2D eigenvalue weighted by atomic mass is 10.2. The lowest BCUT2D eigenvalue weighted by Crippen LogP contribution is -2.23. The number of nitrogens with zero attached hydrogens (tertiary/aromatic N) is 2. The monoisotopic (exact) mass is 251 g/mol. The van der Waals surface area contributed by atoms with E-state index in [1.54, 1.807) is 33.5 Å². The van der Waals surface area contributed by atoms with Gasteiger partial charge in [-0.2, -0.15) is 0 Å². The lowest BCUT2D eigenvalue weighted by molar-refractivity contribution is 0.0822. The fourth-order valence-corrected chi connectivity index (χ4v) is 1.52. The zero-order chi connectivity index (χ0) is 13.5. The van der Waals surface area contributed by atoms with E-state index in [0.29, 0.717) is 12.3 Å². The molecule has 1 amide bonds. The molecule has 5 nitrogen and oxygen atoms in total. The van der Waals surface area contributed by atoms with E-state index in [1.165, 1.54) is 4.90 Å². The molecular weight excluding hydrogens is 230 g/mol. The summed E-state index contributed by atoms with van der Waals surface area (Å²) < 4.78 is 5.03. The maximum absolute atomic E-state index is 11.8. The molecule has 0 bridgehead atoms. The third kappa shape index (κ3) is 4.33. The van der Waals surface area contributed by atoms with E-state index in [2.05, 4.69) is 17.2 Å². The van der Waals surface area contributed by atoms with E-state index < -0.39 is 0 Å². The van der Waals surface area contributed by atoms with E-state index >= 15 is 0 Å². The molecule has 0 aliphatic heterocycles. The molecule has 5 heteroatoms. The Bertz CT molecular complexity index is 394. The van der Waals surface area contributed by atoms with Gasteiger partial charge in [-0.3, -0.25) is 9.78 Å². The van der Waals surface area contributed by atoms with Crippen molar-refractivity contribution in [3.05, 3.63) is 24.0 Å². The molecule has 0 radical (unpaired) electrons. The van der Waals surface area contributed by atoms with E-state index in [-0.39, 0.29) is 11.9 Å². The first-order chi connectivity index (χ1) is 8.54. The number of anilines is 1. The number of hydrogen-bond acceptors (Lipinski definition) is 4. The molecule has 1 aromatic heterocycles. The Balaban J connectivity index is 2.67. The summed E-state index contributed by atoms with van der Waals surface area (Å²) >= 11 is 0. The zero-order valence-corrected chi connectivity index (χ0v) is 11.4. The molecule has 1 rings (SSSR count). The quantitative estimate of drug-likeness (QED) is 0.834. The molecular formula is C13H21N3O2. The molecule has 1 atom stereocenters. The number of amides is 1. The van der Waals surface area contributed by atoms with Gasteiger partial charge < -0.3 is 15.0 Å². The second-order valence-corrected chi connectivity index (χ2v) is 4.46. The van der Waals surface area contributed by atoms with Crippen molar-refractivity contribution < 1.29 is 9.53 Å². The van der Waals surface area contributed by atoms with E-state index in [4.69, 9.17) is 4.74 Å². The molecule has 0 saturated carbocycles. The van der Waals surface area contributed by atoms with Crippen LogP contribution in [0.1, 0.15) is 23.8 Å². The maximum atomic E-state index is 11.8. The van der Waals surface area contributed by atoms with Crippen LogP contribution in [0.4, 0.5) is 5.69 Å². The van der Waals surface area contributed by atoms with Crippen LogP contribution in [0.25, 0.3) is 0 Å². The molecule has 1 unspecified atom stereocenters. The molecule has 0 aliphatic rings. The lowest BCUT2D eigenvalue weighted by Gasteiger charge is -2.16. The minimum absolute atomic E-state index is 0.0943. The van der Waals surface area contributed by atoms with Crippen LogP contribution in [0.3, 0.4) is 0 Å². The molecule has 0 saturated heterocycles. The average molecular weight is 251 g/mol. The number of carbonyl (C=O) groups excluding carboxylic acids is 1. The fourth-order valence-electron chi connectivity index (χ4n) is 1.52. The van der Waals surface area contributed by atoms with Crippen LogP contribution in [-0.4, -0.2) is 49.6 Å². The van der Waals surface area contributed by atoms with Crippen molar-refractivity contribution in [1.29, 1.82) is 0 Å². The molecule has 1 N–H and O–H groups in total. The average Bonchev–Trinajstić information content (AvgIpc) is 2.35. The van der Waals surface area contributed by atoms with Crippen molar-refractivity contribution >= 4 is 11.6 Å². The third-order valence-electron chi connectivity index (χ3n) is 2.55. The number of methoxy groups -OCH3 is 1. The summed E-state index contributed by atoms with van der Waals surface area (Å²) in [4.78, 5) is 17.4. The predicted octanol–water partition coefficient (Wildman–Crippen LogP) is 1.62. The van der Waals surface area contributed by atoms with Crippen LogP contribution in [0.15, 0.2) is 18.3 Å². The van der Waals surface area contributed by atoms with Gasteiger partial charge in [0, 0.05) is 45.7 Å². The van der Waals surface area contributed by atoms with Crippen LogP contribution in [0, 0.1) is 0 Å². The van der Waals surface area contributed by atoms with Gasteiger partial charge in [0.25, 0.3) is 5.91 Å². The minimum atomic E-state index is -0.0943. The number of hydrogen-bond donors (Lipinski definition) is 1. The molecule has 1 heterocycles. The highest BCUT2D eigenvalue weighted by Crippen LogP contribution is 2.11. The van der Waals surface area contributed by atoms with Gasteiger partial charge in [0.05, 0.1) is 0 Å². The van der Waals surface area contributed by atoms with Gasteiger partial charge in [-0.25, -0.2) is 0 Å². The van der Waals surface area contributed by atoms with Crippen molar-refractivity contribution in [3.63, 3.8) is 0 Å². The summed E-state index contributed by atoms with van der Waals surface area (Å²) in [6, 6.07) is 3.91. The zero-order valence-electron chi connectivity index (χ0n) is 11.4. The van der Waals surface area contributed by atoms with Gasteiger partial charge in [0.2, 0.25) is 0 Å². The summed E-state index contributed by atoms with van der Waals surface area (Å²) in [5.74, 6) is -0.0943. The molecule has 18 heavy (non-hydrogen) atoms. The first-order valence-electron chi connectivity index (χ1n) is 5.97. The normalized spacial score (nSPS) is 12.0. The fraction of sp³-hybridized carbons (Fsp3) is 0.538. The van der Waals surface area contributed by atoms with Crippen LogP contribution < -0.4 is 5.32 Å². The van der Waals surface area contributed by atoms with Gasteiger partial charge in [0.1, 0.15) is 5.69 Å². The molecule has 0 aromatic carbocycles. The molecule has 100 valence electrons. The Hall–Kier alpha value is -1.62. The number of nitrogens with one attached hydrogen (secondary N) is 1. The van der Waals surface area contributed by atoms with Crippen molar-refractivity contribution in [1.82, 2.24) is 9.88 Å². The molecule has 0 aliphatic carbocycles. The minimum Gasteiger partial charge on any atom is -0.385 e. The van der Waals surface area contributed by atoms with Crippen molar-refractivity contribution in [2.45, 2.75) is 19.4 Å². The first-order valence-corrected chi connectivity index (χ1v) is 5.97. The Morgan fingerprint density at radius 3 is 2.89 bits per heavy atom. The SMILES string of the molecule is COCCC(C)Nc1ccnc(C(=O)N(C)C)c1. The standard InChI is InChI=1S/C13H21N3O2/c1-10(6-8-18-4)15-11-5-7-14-12(9-11)13(17)16(2)3/h5,7,9-10H,6,8H2,1-4H3,(H,14,15). The van der Waals surface area contributed by atoms with Crippen LogP contribution >= 0.6 is 0 Å². The van der Waals surface area contributed by atoms with E-state index in [9.17, 15) is 4.79 Å². The molecule has 1 aromatic rings. The Morgan fingerprint density at radius 2 is 2.28 bits per heavy atom. The van der Waals surface area contributed by atoms with Crippen LogP contribution in [0.5, 0.6) is 0 Å². The van der Waals surface area contributed by atoms with Gasteiger partial charge in [-0.15, -0.1) is 0 Å². The predicted molar refractivity (Wildman–Crippen MR) is 71.8 cm³/mol. The van der Waals surface area contributed by atoms with E-state index in [0.717, 1.165) is 12.1 Å². The Labute approximate surface area is 108 Å². The maximum Gasteiger partial charge on any atom is 0.272 e. The summed E-state index contributed by atoms with van der Waals surface area (Å²) in [6.45, 7) is 2.79. The summed E-state index contributed by atoms with van der Waals surface area (Å²) in [6.07, 6.45) is 2.55. The highest BCUT2D eigenvalue weighted by atomic mass is 16.5. The second-order valence-electron chi connectivity index (χ2n) is 4.46. The Morgan fingerprint density at radius 1 is 1.56 bits per heavy atom. The number of pyridine rings is 1. The summed E-state index contributed by atoms with van der Waals surface area (Å²) in [7, 11) is 5.11. The number of ether oxygens (including phenoxy) is 1. The second kappa shape index (κ2) is 6.96. The van der Waals surface area contributed by atoms with Crippen LogP contribution in [0.2, 0.25) is 0 Å². The van der Waals surface area contributed by atoms with Gasteiger partial charge >= 0.3 is 0 Å². The smallest absolute Gasteiger partial charge is 0.272 e. The van der Waals surface area contributed by atoms with Crippen molar-refractivity contribution in [2.75, 3.05) is 33.1 Å². The molecule has 0 spiro atoms. The summed E-state index contributed by atoms with van der Waals surface area (Å²) in [5, 5.41) is 3.32. The van der Waals surface area contributed by atoms with Gasteiger partial charge in [-0.1, -0.05) is 0 Å². The molecule has 0 fully saturated rings. The number of aromatic nitrogens is 1. The topological polar surface area (TPSA) is 54.5 Å². The largest absolute Gasteiger partial charge is 0.385 e. The van der Waals surface area contributed by atoms with Crippen molar-refractivity contribution in [3.8, 4) is 0 Å². The van der Waals surface area contributed by atoms with Gasteiger partial charge in [-0.05, 0) is 25.5 Å². The number of rotatable bonds is 6. The summed E-state index contributed by atoms with van der Waals surface area (Å²) in [5.41, 5.74) is 1.35. The number of carbonyl (C=O) groups is 1. The third-order valence-corrected chi connectivity index (χ3v) is 2.55. The highest BCUT2D eigenvalue weighted by molar-refractivity contribution is 5.92. The van der Waals surface area contributed by atoms with Crippen LogP contribution in [-0.2, 0) is 4.74 Å².